The van der Waals surface area contributed by atoms with Crippen molar-refractivity contribution in [3.63, 3.8) is 0 Å². The lowest BCUT2D eigenvalue weighted by Gasteiger charge is -2.31. The van der Waals surface area contributed by atoms with E-state index in [1.165, 1.54) is 0 Å². The zero-order chi connectivity index (χ0) is 13.2. The molecule has 0 radical (unpaired) electrons. The van der Waals surface area contributed by atoms with Gasteiger partial charge in [0.2, 0.25) is 0 Å². The summed E-state index contributed by atoms with van der Waals surface area (Å²) in [5.74, 6) is 0. The first-order valence-corrected chi connectivity index (χ1v) is 6.45. The van der Waals surface area contributed by atoms with Crippen LogP contribution in [-0.4, -0.2) is 52.2 Å². The maximum absolute atomic E-state index is 5.64. The van der Waals surface area contributed by atoms with Crippen molar-refractivity contribution in [2.45, 2.75) is 39.0 Å². The monoisotopic (exact) mass is 253 g/mol. The predicted molar refractivity (Wildman–Crippen MR) is 69.1 cm³/mol. The van der Waals surface area contributed by atoms with Gasteiger partial charge in [-0.3, -0.25) is 4.90 Å². The van der Waals surface area contributed by atoms with Crippen molar-refractivity contribution in [3.05, 3.63) is 11.9 Å². The molecule has 1 aliphatic rings. The highest BCUT2D eigenvalue weighted by Crippen LogP contribution is 2.13. The number of morpholine rings is 1. The molecule has 18 heavy (non-hydrogen) atoms. The van der Waals surface area contributed by atoms with Crippen LogP contribution < -0.4 is 5.73 Å². The van der Waals surface area contributed by atoms with E-state index in [9.17, 15) is 0 Å². The summed E-state index contributed by atoms with van der Waals surface area (Å²) in [4.78, 5) is 2.32. The molecule has 2 heterocycles. The van der Waals surface area contributed by atoms with Crippen molar-refractivity contribution in [2.75, 3.05) is 26.2 Å². The Morgan fingerprint density at radius 2 is 2.28 bits per heavy atom. The molecule has 0 aliphatic carbocycles. The van der Waals surface area contributed by atoms with E-state index in [0.717, 1.165) is 31.9 Å². The van der Waals surface area contributed by atoms with Gasteiger partial charge in [-0.2, -0.15) is 0 Å². The summed E-state index contributed by atoms with van der Waals surface area (Å²) >= 11 is 0. The molecule has 0 aromatic carbocycles. The highest BCUT2D eigenvalue weighted by atomic mass is 16.5. The van der Waals surface area contributed by atoms with E-state index in [1.54, 1.807) is 0 Å². The van der Waals surface area contributed by atoms with Gasteiger partial charge in [-0.15, -0.1) is 5.10 Å². The summed E-state index contributed by atoms with van der Waals surface area (Å²) in [5.41, 5.74) is 6.62. The van der Waals surface area contributed by atoms with Gasteiger partial charge in [0.1, 0.15) is 0 Å². The standard InChI is InChI=1S/C12H23N5O/c1-12(2,3)17-8-10(14-15-17)7-16-4-5-18-11(6-13)9-16/h8,11H,4-7,9,13H2,1-3H3. The van der Waals surface area contributed by atoms with Gasteiger partial charge in [-0.25, -0.2) is 4.68 Å². The molecule has 0 saturated carbocycles. The molecule has 0 bridgehead atoms. The van der Waals surface area contributed by atoms with Crippen molar-refractivity contribution in [3.8, 4) is 0 Å². The Kier molecular flexibility index (Phi) is 3.99. The van der Waals surface area contributed by atoms with Crippen LogP contribution in [0.15, 0.2) is 6.20 Å². The number of nitrogens with two attached hydrogens (primary N) is 1. The number of nitrogens with zero attached hydrogens (tertiary/aromatic N) is 4. The largest absolute Gasteiger partial charge is 0.374 e. The van der Waals surface area contributed by atoms with Crippen molar-refractivity contribution >= 4 is 0 Å². The van der Waals surface area contributed by atoms with Crippen LogP contribution in [0.25, 0.3) is 0 Å². The predicted octanol–water partition coefficient (Wildman–Crippen LogP) is 0.193. The highest BCUT2D eigenvalue weighted by molar-refractivity contribution is 4.95. The van der Waals surface area contributed by atoms with Gasteiger partial charge in [-0.05, 0) is 20.8 Å². The van der Waals surface area contributed by atoms with E-state index in [1.807, 2.05) is 10.9 Å². The number of rotatable bonds is 3. The second-order valence-corrected chi connectivity index (χ2v) is 5.79. The van der Waals surface area contributed by atoms with Crippen molar-refractivity contribution in [1.29, 1.82) is 0 Å². The van der Waals surface area contributed by atoms with Crippen molar-refractivity contribution in [2.24, 2.45) is 5.73 Å². The number of aromatic nitrogens is 3. The van der Waals surface area contributed by atoms with Gasteiger partial charge in [0.15, 0.2) is 0 Å². The summed E-state index contributed by atoms with van der Waals surface area (Å²) in [7, 11) is 0. The van der Waals surface area contributed by atoms with Crippen LogP contribution in [0.2, 0.25) is 0 Å². The maximum Gasteiger partial charge on any atom is 0.0967 e. The average molecular weight is 253 g/mol. The molecular formula is C12H23N5O. The number of hydrogen-bond acceptors (Lipinski definition) is 5. The molecule has 1 atom stereocenters. The van der Waals surface area contributed by atoms with Gasteiger partial charge in [0.25, 0.3) is 0 Å². The van der Waals surface area contributed by atoms with Gasteiger partial charge < -0.3 is 10.5 Å². The van der Waals surface area contributed by atoms with E-state index in [0.29, 0.717) is 6.54 Å². The Morgan fingerprint density at radius 3 is 2.89 bits per heavy atom. The lowest BCUT2D eigenvalue weighted by atomic mass is 10.1. The van der Waals surface area contributed by atoms with E-state index in [-0.39, 0.29) is 11.6 Å². The van der Waals surface area contributed by atoms with E-state index < -0.39 is 0 Å². The first-order valence-electron chi connectivity index (χ1n) is 6.45. The Labute approximate surface area is 108 Å². The zero-order valence-electron chi connectivity index (χ0n) is 11.5. The fourth-order valence-electron chi connectivity index (χ4n) is 1.99. The summed E-state index contributed by atoms with van der Waals surface area (Å²) in [5, 5.41) is 8.40. The minimum Gasteiger partial charge on any atom is -0.374 e. The van der Waals surface area contributed by atoms with E-state index in [4.69, 9.17) is 10.5 Å². The van der Waals surface area contributed by atoms with E-state index >= 15 is 0 Å². The summed E-state index contributed by atoms with van der Waals surface area (Å²) < 4.78 is 7.45. The number of hydrogen-bond donors (Lipinski definition) is 1. The molecule has 2 N–H and O–H groups in total. The molecule has 1 unspecified atom stereocenters. The summed E-state index contributed by atoms with van der Waals surface area (Å²) in [6.45, 7) is 10.3. The molecule has 0 amide bonds. The molecule has 0 spiro atoms. The van der Waals surface area contributed by atoms with Crippen LogP contribution >= 0.6 is 0 Å². The Bertz CT molecular complexity index is 384. The fraction of sp³-hybridized carbons (Fsp3) is 0.833. The lowest BCUT2D eigenvalue weighted by molar-refractivity contribution is -0.0264. The second kappa shape index (κ2) is 5.34. The average Bonchev–Trinajstić information content (AvgIpc) is 2.77. The summed E-state index contributed by atoms with van der Waals surface area (Å²) in [6.07, 6.45) is 2.17. The third kappa shape index (κ3) is 3.28. The smallest absolute Gasteiger partial charge is 0.0967 e. The van der Waals surface area contributed by atoms with Crippen LogP contribution in [0.4, 0.5) is 0 Å². The molecule has 1 fully saturated rings. The third-order valence-electron chi connectivity index (χ3n) is 3.10. The minimum atomic E-state index is -0.0178. The summed E-state index contributed by atoms with van der Waals surface area (Å²) in [6, 6.07) is 0. The first kappa shape index (κ1) is 13.5. The molecule has 1 aliphatic heterocycles. The topological polar surface area (TPSA) is 69.2 Å². The van der Waals surface area contributed by atoms with Crippen LogP contribution in [0.3, 0.4) is 0 Å². The highest BCUT2D eigenvalue weighted by Gasteiger charge is 2.21. The van der Waals surface area contributed by atoms with Crippen LogP contribution in [-0.2, 0) is 16.8 Å². The van der Waals surface area contributed by atoms with Gasteiger partial charge in [0.05, 0.1) is 30.1 Å². The van der Waals surface area contributed by atoms with Gasteiger partial charge in [-0.1, -0.05) is 5.21 Å². The van der Waals surface area contributed by atoms with Crippen molar-refractivity contribution < 1.29 is 4.74 Å². The van der Waals surface area contributed by atoms with Crippen molar-refractivity contribution in [1.82, 2.24) is 19.9 Å². The third-order valence-corrected chi connectivity index (χ3v) is 3.10. The SMILES string of the molecule is CC(C)(C)n1cc(CN2CCOC(CN)C2)nn1. The van der Waals surface area contributed by atoms with Crippen LogP contribution in [0, 0.1) is 0 Å². The van der Waals surface area contributed by atoms with Gasteiger partial charge in [0, 0.05) is 26.2 Å². The molecule has 6 heteroatoms. The molecule has 6 nitrogen and oxygen atoms in total. The quantitative estimate of drug-likeness (QED) is 0.833. The van der Waals surface area contributed by atoms with E-state index in [2.05, 4.69) is 36.0 Å². The fourth-order valence-corrected chi connectivity index (χ4v) is 1.99. The lowest BCUT2D eigenvalue weighted by Crippen LogP contribution is -2.45. The Balaban J connectivity index is 1.95. The Hall–Kier alpha value is -0.980. The van der Waals surface area contributed by atoms with Crippen LogP contribution in [0.1, 0.15) is 26.5 Å². The molecule has 1 aromatic rings. The maximum atomic E-state index is 5.64. The molecule has 102 valence electrons. The minimum absolute atomic E-state index is 0.0178. The normalized spacial score (nSPS) is 22.3. The molecule has 2 rings (SSSR count). The zero-order valence-corrected chi connectivity index (χ0v) is 11.5. The second-order valence-electron chi connectivity index (χ2n) is 5.79. The molecule has 1 saturated heterocycles. The molecule has 1 aromatic heterocycles. The first-order chi connectivity index (χ1) is 8.49. The van der Waals surface area contributed by atoms with Crippen LogP contribution in [0.5, 0.6) is 0 Å². The van der Waals surface area contributed by atoms with Gasteiger partial charge >= 0.3 is 0 Å². The Morgan fingerprint density at radius 1 is 1.50 bits per heavy atom. The number of ether oxygens (including phenoxy) is 1. The molecular weight excluding hydrogens is 230 g/mol.